The van der Waals surface area contributed by atoms with E-state index in [1.54, 1.807) is 18.2 Å². The average Bonchev–Trinajstić information content (AvgIpc) is 3.23. The largest absolute Gasteiger partial charge is 0.326 e. The van der Waals surface area contributed by atoms with Crippen LogP contribution in [0.5, 0.6) is 0 Å². The van der Waals surface area contributed by atoms with Gasteiger partial charge < -0.3 is 15.3 Å². The third-order valence-electron chi connectivity index (χ3n) is 4.22. The minimum atomic E-state index is -0.260. The highest BCUT2D eigenvalue weighted by Crippen LogP contribution is 2.50. The molecule has 1 heterocycles. The van der Waals surface area contributed by atoms with Crippen LogP contribution in [-0.2, 0) is 4.79 Å². The number of halogens is 1. The maximum absolute atomic E-state index is 12.4. The van der Waals surface area contributed by atoms with Crippen molar-refractivity contribution in [2.75, 3.05) is 5.32 Å². The number of hydrogen-bond donors (Lipinski definition) is 3. The van der Waals surface area contributed by atoms with Crippen molar-refractivity contribution in [3.8, 4) is 0 Å². The number of benzene rings is 2. The van der Waals surface area contributed by atoms with Crippen molar-refractivity contribution in [1.82, 2.24) is 9.97 Å². The Morgan fingerprint density at radius 2 is 1.91 bits per heavy atom. The standard InChI is InChI=1S/C17H14ClN3O2/c18-13-4-2-1-3-10(13)11-8-12(11)16(22)19-9-5-6-14-15(7-9)21-17(23)20-14/h1-7,11-12H,8H2,(H,19,22)(H2,20,21,23)/t11-,12+/m1/s1. The first-order valence-corrected chi connectivity index (χ1v) is 7.77. The van der Waals surface area contributed by atoms with Gasteiger partial charge in [0.2, 0.25) is 5.91 Å². The van der Waals surface area contributed by atoms with E-state index in [2.05, 4.69) is 15.3 Å². The van der Waals surface area contributed by atoms with Crippen molar-refractivity contribution >= 4 is 34.2 Å². The van der Waals surface area contributed by atoms with Crippen molar-refractivity contribution in [1.29, 1.82) is 0 Å². The molecule has 2 atom stereocenters. The molecule has 1 amide bonds. The Balaban J connectivity index is 1.50. The van der Waals surface area contributed by atoms with Crippen LogP contribution in [0, 0.1) is 5.92 Å². The van der Waals surface area contributed by atoms with Crippen LogP contribution in [0.25, 0.3) is 11.0 Å². The minimum Gasteiger partial charge on any atom is -0.326 e. The number of H-pyrrole nitrogens is 2. The van der Waals surface area contributed by atoms with E-state index in [-0.39, 0.29) is 23.4 Å². The van der Waals surface area contributed by atoms with Crippen molar-refractivity contribution < 1.29 is 4.79 Å². The fourth-order valence-corrected chi connectivity index (χ4v) is 3.23. The molecule has 1 aliphatic rings. The van der Waals surface area contributed by atoms with Crippen LogP contribution in [0.4, 0.5) is 5.69 Å². The predicted octanol–water partition coefficient (Wildman–Crippen LogP) is 3.25. The van der Waals surface area contributed by atoms with E-state index in [4.69, 9.17) is 11.6 Å². The van der Waals surface area contributed by atoms with Gasteiger partial charge in [0.25, 0.3) is 0 Å². The predicted molar refractivity (Wildman–Crippen MR) is 89.8 cm³/mol. The Kier molecular flexibility index (Phi) is 3.23. The number of rotatable bonds is 3. The highest BCUT2D eigenvalue weighted by Gasteiger charge is 2.44. The molecule has 2 aromatic carbocycles. The molecule has 1 aromatic heterocycles. The lowest BCUT2D eigenvalue weighted by atomic mass is 10.1. The van der Waals surface area contributed by atoms with Crippen molar-refractivity contribution in [3.63, 3.8) is 0 Å². The van der Waals surface area contributed by atoms with Gasteiger partial charge in [-0.1, -0.05) is 29.8 Å². The van der Waals surface area contributed by atoms with E-state index in [1.165, 1.54) is 0 Å². The van der Waals surface area contributed by atoms with Gasteiger partial charge in [-0.2, -0.15) is 0 Å². The van der Waals surface area contributed by atoms with Crippen LogP contribution in [0.3, 0.4) is 0 Å². The normalized spacial score (nSPS) is 19.7. The zero-order chi connectivity index (χ0) is 16.0. The number of carbonyl (C=O) groups excluding carboxylic acids is 1. The highest BCUT2D eigenvalue weighted by atomic mass is 35.5. The maximum Gasteiger partial charge on any atom is 0.323 e. The van der Waals surface area contributed by atoms with Gasteiger partial charge in [0.1, 0.15) is 0 Å². The van der Waals surface area contributed by atoms with Gasteiger partial charge in [-0.05, 0) is 42.2 Å². The van der Waals surface area contributed by atoms with Crippen LogP contribution in [0.15, 0.2) is 47.3 Å². The minimum absolute atomic E-state index is 0.0212. The Hall–Kier alpha value is -2.53. The maximum atomic E-state index is 12.4. The number of nitrogens with one attached hydrogen (secondary N) is 3. The zero-order valence-corrected chi connectivity index (χ0v) is 12.9. The number of aromatic nitrogens is 2. The molecule has 3 N–H and O–H groups in total. The van der Waals surface area contributed by atoms with Gasteiger partial charge in [-0.25, -0.2) is 4.79 Å². The monoisotopic (exact) mass is 327 g/mol. The first kappa shape index (κ1) is 14.1. The number of hydrogen-bond acceptors (Lipinski definition) is 2. The first-order chi connectivity index (χ1) is 11.1. The third-order valence-corrected chi connectivity index (χ3v) is 4.56. The molecule has 1 saturated carbocycles. The summed E-state index contributed by atoms with van der Waals surface area (Å²) in [7, 11) is 0. The summed E-state index contributed by atoms with van der Waals surface area (Å²) in [5.74, 6) is 0.0996. The topological polar surface area (TPSA) is 77.8 Å². The van der Waals surface area contributed by atoms with E-state index < -0.39 is 0 Å². The lowest BCUT2D eigenvalue weighted by Crippen LogP contribution is -2.14. The fraction of sp³-hybridized carbons (Fsp3) is 0.176. The van der Waals surface area contributed by atoms with E-state index >= 15 is 0 Å². The second-order valence-electron chi connectivity index (χ2n) is 5.80. The molecule has 0 aliphatic heterocycles. The number of amides is 1. The average molecular weight is 328 g/mol. The van der Waals surface area contributed by atoms with Crippen molar-refractivity contribution in [2.24, 2.45) is 5.92 Å². The Morgan fingerprint density at radius 1 is 1.13 bits per heavy atom. The Bertz CT molecular complexity index is 960. The summed E-state index contributed by atoms with van der Waals surface area (Å²) in [6.07, 6.45) is 0.804. The smallest absolute Gasteiger partial charge is 0.323 e. The number of anilines is 1. The molecule has 116 valence electrons. The molecular formula is C17H14ClN3O2. The van der Waals surface area contributed by atoms with E-state index in [9.17, 15) is 9.59 Å². The molecule has 0 spiro atoms. The fourth-order valence-electron chi connectivity index (χ4n) is 2.95. The molecule has 1 fully saturated rings. The summed E-state index contributed by atoms with van der Waals surface area (Å²) in [6, 6.07) is 12.9. The van der Waals surface area contributed by atoms with E-state index in [0.29, 0.717) is 21.7 Å². The van der Waals surface area contributed by atoms with Gasteiger partial charge in [0.15, 0.2) is 0 Å². The SMILES string of the molecule is O=C(Nc1ccc2[nH]c(=O)[nH]c2c1)[C@H]1C[C@@H]1c1ccccc1Cl. The second kappa shape index (κ2) is 5.28. The van der Waals surface area contributed by atoms with E-state index in [1.807, 2.05) is 24.3 Å². The summed E-state index contributed by atoms with van der Waals surface area (Å²) < 4.78 is 0. The number of aromatic amines is 2. The van der Waals surface area contributed by atoms with Gasteiger partial charge >= 0.3 is 5.69 Å². The van der Waals surface area contributed by atoms with Gasteiger partial charge in [0.05, 0.1) is 11.0 Å². The molecule has 0 bridgehead atoms. The third kappa shape index (κ3) is 2.64. The summed E-state index contributed by atoms with van der Waals surface area (Å²) in [5.41, 5.74) is 2.83. The molecule has 4 rings (SSSR count). The lowest BCUT2D eigenvalue weighted by molar-refractivity contribution is -0.117. The number of carbonyl (C=O) groups is 1. The molecule has 0 unspecified atom stereocenters. The van der Waals surface area contributed by atoms with E-state index in [0.717, 1.165) is 12.0 Å². The van der Waals surface area contributed by atoms with Crippen LogP contribution >= 0.6 is 11.6 Å². The van der Waals surface area contributed by atoms with Crippen molar-refractivity contribution in [3.05, 3.63) is 63.5 Å². The molecular weight excluding hydrogens is 314 g/mol. The lowest BCUT2D eigenvalue weighted by Gasteiger charge is -2.06. The Labute approximate surface area is 136 Å². The molecule has 0 radical (unpaired) electrons. The number of fused-ring (bicyclic) bond motifs is 1. The number of imidazole rings is 1. The van der Waals surface area contributed by atoms with Gasteiger partial charge in [-0.15, -0.1) is 0 Å². The zero-order valence-electron chi connectivity index (χ0n) is 12.1. The molecule has 0 saturated heterocycles. The van der Waals surface area contributed by atoms with Crippen LogP contribution in [0.2, 0.25) is 5.02 Å². The molecule has 3 aromatic rings. The summed E-state index contributed by atoms with van der Waals surface area (Å²) >= 11 is 6.19. The summed E-state index contributed by atoms with van der Waals surface area (Å²) in [6.45, 7) is 0. The highest BCUT2D eigenvalue weighted by molar-refractivity contribution is 6.31. The Morgan fingerprint density at radius 3 is 2.74 bits per heavy atom. The molecule has 1 aliphatic carbocycles. The van der Waals surface area contributed by atoms with Crippen LogP contribution in [0.1, 0.15) is 17.9 Å². The first-order valence-electron chi connectivity index (χ1n) is 7.39. The second-order valence-corrected chi connectivity index (χ2v) is 6.21. The van der Waals surface area contributed by atoms with Crippen molar-refractivity contribution in [2.45, 2.75) is 12.3 Å². The molecule has 23 heavy (non-hydrogen) atoms. The van der Waals surface area contributed by atoms with Gasteiger partial charge in [0, 0.05) is 16.6 Å². The molecule has 6 heteroatoms. The summed E-state index contributed by atoms with van der Waals surface area (Å²) in [5, 5.41) is 3.61. The van der Waals surface area contributed by atoms with Crippen LogP contribution in [-0.4, -0.2) is 15.9 Å². The molecule has 5 nitrogen and oxygen atoms in total. The quantitative estimate of drug-likeness (QED) is 0.690. The summed E-state index contributed by atoms with van der Waals surface area (Å²) in [4.78, 5) is 29.0. The van der Waals surface area contributed by atoms with Gasteiger partial charge in [-0.3, -0.25) is 4.79 Å². The van der Waals surface area contributed by atoms with Crippen LogP contribution < -0.4 is 11.0 Å².